The fraction of sp³-hybridized carbons (Fsp3) is 0.444. The number of aliphatic hydroxyl groups is 1. The average Bonchev–Trinajstić information content (AvgIpc) is 3.37. The number of anilines is 2. The number of morpholine rings is 1. The fourth-order valence-corrected chi connectivity index (χ4v) is 5.59. The Labute approximate surface area is 213 Å². The van der Waals surface area contributed by atoms with Crippen LogP contribution in [-0.4, -0.2) is 78.4 Å². The molecule has 3 aliphatic rings. The Hall–Kier alpha value is -3.37. The maximum atomic E-state index is 14.1. The van der Waals surface area contributed by atoms with Crippen molar-refractivity contribution in [2.75, 3.05) is 62.3 Å². The zero-order valence-corrected chi connectivity index (χ0v) is 20.4. The number of aromatic nitrogens is 2. The summed E-state index contributed by atoms with van der Waals surface area (Å²) >= 11 is 0. The van der Waals surface area contributed by atoms with E-state index in [2.05, 4.69) is 4.90 Å². The van der Waals surface area contributed by atoms with Crippen LogP contribution >= 0.6 is 0 Å². The van der Waals surface area contributed by atoms with Crippen LogP contribution in [0.3, 0.4) is 0 Å². The Bertz CT molecular complexity index is 1310. The third kappa shape index (κ3) is 4.59. The van der Waals surface area contributed by atoms with Crippen LogP contribution < -0.4 is 9.80 Å². The van der Waals surface area contributed by atoms with Crippen LogP contribution in [0.25, 0.3) is 11.0 Å². The monoisotopic (exact) mass is 509 g/mol. The molecule has 3 aliphatic heterocycles. The summed E-state index contributed by atoms with van der Waals surface area (Å²) in [7, 11) is 0. The second kappa shape index (κ2) is 9.83. The number of likely N-dealkylation sites (tertiary alicyclic amines) is 1. The van der Waals surface area contributed by atoms with Gasteiger partial charge in [0.2, 0.25) is 0 Å². The van der Waals surface area contributed by atoms with Crippen LogP contribution in [0, 0.1) is 17.6 Å². The molecule has 1 N–H and O–H groups in total. The summed E-state index contributed by atoms with van der Waals surface area (Å²) in [5, 5.41) is 9.37. The number of halogens is 2. The van der Waals surface area contributed by atoms with Gasteiger partial charge in [-0.25, -0.2) is 13.8 Å². The molecule has 0 bridgehead atoms. The van der Waals surface area contributed by atoms with Gasteiger partial charge in [0, 0.05) is 68.1 Å². The topological polar surface area (TPSA) is 82.0 Å². The number of aliphatic hydroxyl groups excluding tert-OH is 1. The number of hydrogen-bond donors (Lipinski definition) is 1. The highest BCUT2D eigenvalue weighted by molar-refractivity contribution is 5.99. The number of nitrogens with zero attached hydrogens (tertiary/aromatic N) is 5. The lowest BCUT2D eigenvalue weighted by Crippen LogP contribution is -2.51. The molecule has 2 aromatic carbocycles. The molecule has 0 spiro atoms. The minimum absolute atomic E-state index is 0.0593. The molecular weight excluding hydrogens is 480 g/mol. The number of ether oxygens (including phenoxy) is 1. The Kier molecular flexibility index (Phi) is 6.37. The fourth-order valence-electron chi connectivity index (χ4n) is 5.59. The first-order chi connectivity index (χ1) is 18.0. The van der Waals surface area contributed by atoms with Gasteiger partial charge in [-0.05, 0) is 37.1 Å². The van der Waals surface area contributed by atoms with Crippen molar-refractivity contribution in [2.24, 2.45) is 5.92 Å². The quantitative estimate of drug-likeness (QED) is 0.566. The van der Waals surface area contributed by atoms with Gasteiger partial charge in [-0.2, -0.15) is 0 Å². The molecule has 0 saturated carbocycles. The highest BCUT2D eigenvalue weighted by Gasteiger charge is 2.34. The van der Waals surface area contributed by atoms with Crippen molar-refractivity contribution in [3.8, 4) is 0 Å². The van der Waals surface area contributed by atoms with Gasteiger partial charge >= 0.3 is 0 Å². The lowest BCUT2D eigenvalue weighted by atomic mass is 9.96. The zero-order valence-electron chi connectivity index (χ0n) is 20.4. The summed E-state index contributed by atoms with van der Waals surface area (Å²) in [5.41, 5.74) is 3.09. The highest BCUT2D eigenvalue weighted by Crippen LogP contribution is 2.40. The molecule has 3 fully saturated rings. The first-order valence-electron chi connectivity index (χ1n) is 12.8. The van der Waals surface area contributed by atoms with E-state index in [1.54, 1.807) is 17.2 Å². The summed E-state index contributed by atoms with van der Waals surface area (Å²) < 4.78 is 33.7. The Morgan fingerprint density at radius 2 is 1.81 bits per heavy atom. The number of benzene rings is 2. The van der Waals surface area contributed by atoms with Crippen LogP contribution in [0.5, 0.6) is 0 Å². The molecule has 1 aromatic heterocycles. The average molecular weight is 510 g/mol. The molecule has 1 unspecified atom stereocenters. The molecule has 3 aromatic rings. The number of carbonyl (C=O) groups excluding carboxylic acids is 1. The van der Waals surface area contributed by atoms with Gasteiger partial charge in [-0.15, -0.1) is 0 Å². The molecule has 3 saturated heterocycles. The molecule has 10 heteroatoms. The molecule has 1 atom stereocenters. The summed E-state index contributed by atoms with van der Waals surface area (Å²) in [5.74, 6) is -0.521. The number of amides is 1. The molecule has 0 aliphatic carbocycles. The van der Waals surface area contributed by atoms with E-state index >= 15 is 0 Å². The Balaban J connectivity index is 1.44. The van der Waals surface area contributed by atoms with Gasteiger partial charge in [0.25, 0.3) is 5.91 Å². The Morgan fingerprint density at radius 1 is 1.05 bits per heavy atom. The molecule has 6 rings (SSSR count). The van der Waals surface area contributed by atoms with Crippen molar-refractivity contribution in [1.82, 2.24) is 14.9 Å². The summed E-state index contributed by atoms with van der Waals surface area (Å²) in [6.45, 7) is 4.39. The van der Waals surface area contributed by atoms with Crippen LogP contribution in [0.4, 0.5) is 20.3 Å². The first-order valence-corrected chi connectivity index (χ1v) is 12.8. The van der Waals surface area contributed by atoms with Crippen molar-refractivity contribution in [3.63, 3.8) is 0 Å². The maximum absolute atomic E-state index is 14.1. The van der Waals surface area contributed by atoms with E-state index < -0.39 is 11.6 Å². The minimum Gasteiger partial charge on any atom is -0.396 e. The van der Waals surface area contributed by atoms with Gasteiger partial charge < -0.3 is 24.5 Å². The predicted octanol–water partition coefficient (Wildman–Crippen LogP) is 3.15. The lowest BCUT2D eigenvalue weighted by Gasteiger charge is -2.38. The van der Waals surface area contributed by atoms with E-state index in [1.807, 2.05) is 11.0 Å². The predicted molar refractivity (Wildman–Crippen MR) is 135 cm³/mol. The molecule has 194 valence electrons. The smallest absolute Gasteiger partial charge is 0.253 e. The van der Waals surface area contributed by atoms with E-state index in [1.165, 1.54) is 12.1 Å². The summed E-state index contributed by atoms with van der Waals surface area (Å²) in [6, 6.07) is 6.98. The van der Waals surface area contributed by atoms with Crippen LogP contribution in [-0.2, 0) is 4.74 Å². The van der Waals surface area contributed by atoms with Crippen molar-refractivity contribution >= 4 is 28.4 Å². The van der Waals surface area contributed by atoms with Crippen molar-refractivity contribution in [2.45, 2.75) is 18.9 Å². The zero-order chi connectivity index (χ0) is 25.5. The van der Waals surface area contributed by atoms with E-state index in [0.29, 0.717) is 68.2 Å². The number of carbonyl (C=O) groups is 1. The van der Waals surface area contributed by atoms with Gasteiger partial charge in [-0.3, -0.25) is 9.78 Å². The standard InChI is InChI=1S/C27H29F2N5O3/c28-19-10-20(29)12-21(11-19)34-3-1-2-24(34)22-8-18(27(36)33-14-17(15-33)16-35)9-23-26(22)31-25(13-30-23)32-4-6-37-7-5-32/h8-13,17,24,35H,1-7,14-16H2. The number of fused-ring (bicyclic) bond motifs is 1. The third-order valence-corrected chi connectivity index (χ3v) is 7.54. The molecule has 4 heterocycles. The second-order valence-electron chi connectivity index (χ2n) is 10.00. The SMILES string of the molecule is O=C(c1cc(C2CCCN2c2cc(F)cc(F)c2)c2nc(N3CCOCC3)cnc2c1)N1CC(CO)C1. The highest BCUT2D eigenvalue weighted by atomic mass is 19.1. The number of hydrogen-bond acceptors (Lipinski definition) is 7. The largest absolute Gasteiger partial charge is 0.396 e. The minimum atomic E-state index is -0.625. The normalized spacial score (nSPS) is 20.5. The van der Waals surface area contributed by atoms with Crippen LogP contribution in [0.2, 0.25) is 0 Å². The van der Waals surface area contributed by atoms with Crippen LogP contribution in [0.15, 0.2) is 36.5 Å². The van der Waals surface area contributed by atoms with Gasteiger partial charge in [0.15, 0.2) is 0 Å². The van der Waals surface area contributed by atoms with Crippen LogP contribution in [0.1, 0.15) is 34.8 Å². The maximum Gasteiger partial charge on any atom is 0.253 e. The summed E-state index contributed by atoms with van der Waals surface area (Å²) in [6.07, 6.45) is 3.32. The van der Waals surface area contributed by atoms with E-state index in [-0.39, 0.29) is 24.5 Å². The van der Waals surface area contributed by atoms with Crippen molar-refractivity contribution in [1.29, 1.82) is 0 Å². The molecule has 1 amide bonds. The molecular formula is C27H29F2N5O3. The molecule has 0 radical (unpaired) electrons. The van der Waals surface area contributed by atoms with Gasteiger partial charge in [0.05, 0.1) is 36.5 Å². The Morgan fingerprint density at radius 3 is 2.54 bits per heavy atom. The summed E-state index contributed by atoms with van der Waals surface area (Å²) in [4.78, 5) is 28.8. The number of rotatable bonds is 5. The second-order valence-corrected chi connectivity index (χ2v) is 10.00. The first kappa shape index (κ1) is 24.0. The van der Waals surface area contributed by atoms with E-state index in [0.717, 1.165) is 30.3 Å². The van der Waals surface area contributed by atoms with Gasteiger partial charge in [0.1, 0.15) is 17.5 Å². The van der Waals surface area contributed by atoms with Crippen molar-refractivity contribution < 1.29 is 23.4 Å². The van der Waals surface area contributed by atoms with E-state index in [9.17, 15) is 18.7 Å². The molecule has 37 heavy (non-hydrogen) atoms. The lowest BCUT2D eigenvalue weighted by molar-refractivity contribution is 0.0362. The van der Waals surface area contributed by atoms with E-state index in [4.69, 9.17) is 14.7 Å². The van der Waals surface area contributed by atoms with Gasteiger partial charge in [-0.1, -0.05) is 0 Å². The van der Waals surface area contributed by atoms with Crippen molar-refractivity contribution in [3.05, 3.63) is 59.3 Å². The molecule has 8 nitrogen and oxygen atoms in total. The third-order valence-electron chi connectivity index (χ3n) is 7.54.